The normalized spacial score (nSPS) is 32.6. The van der Waals surface area contributed by atoms with Gasteiger partial charge in [0.1, 0.15) is 0 Å². The molecule has 1 aromatic carbocycles. The molecular weight excluding hydrogens is 252 g/mol. The van der Waals surface area contributed by atoms with Crippen LogP contribution in [0.1, 0.15) is 25.3 Å². The van der Waals surface area contributed by atoms with Gasteiger partial charge in [-0.3, -0.25) is 0 Å². The van der Waals surface area contributed by atoms with Crippen molar-refractivity contribution < 1.29 is 9.47 Å². The minimum absolute atomic E-state index is 0.148. The predicted molar refractivity (Wildman–Crippen MR) is 78.3 cm³/mol. The Morgan fingerprint density at radius 2 is 1.95 bits per heavy atom. The minimum Gasteiger partial charge on any atom is -0.343 e. The number of nitrogens with zero attached hydrogens (tertiary/aromatic N) is 1. The van der Waals surface area contributed by atoms with Gasteiger partial charge >= 0.3 is 0 Å². The number of likely N-dealkylation sites (tertiary alicyclic amines) is 1. The molecule has 2 heterocycles. The molecule has 4 nitrogen and oxygen atoms in total. The Hall–Kier alpha value is -0.940. The number of hydrogen-bond acceptors (Lipinski definition) is 4. The number of benzene rings is 1. The van der Waals surface area contributed by atoms with E-state index in [2.05, 4.69) is 17.0 Å². The van der Waals surface area contributed by atoms with Gasteiger partial charge in [0.25, 0.3) is 0 Å². The summed E-state index contributed by atoms with van der Waals surface area (Å²) in [5, 5.41) is 0. The van der Waals surface area contributed by atoms with Crippen molar-refractivity contribution in [2.75, 3.05) is 26.2 Å². The molecule has 2 unspecified atom stereocenters. The topological polar surface area (TPSA) is 47.7 Å². The van der Waals surface area contributed by atoms with E-state index in [1.807, 2.05) is 25.1 Å². The molecule has 0 bridgehead atoms. The molecule has 4 heteroatoms. The first-order chi connectivity index (χ1) is 9.66. The standard InChI is InChI=1S/C16H24N2O2/c1-16(13-5-3-2-4-6-13)19-12-15(20-16)11-18-9-7-14(17)8-10-18/h2-6,14-15H,7-12,17H2,1H3. The highest BCUT2D eigenvalue weighted by atomic mass is 16.7. The maximum Gasteiger partial charge on any atom is 0.192 e. The molecule has 2 aliphatic heterocycles. The van der Waals surface area contributed by atoms with E-state index in [1.165, 1.54) is 0 Å². The monoisotopic (exact) mass is 276 g/mol. The second kappa shape index (κ2) is 5.82. The van der Waals surface area contributed by atoms with E-state index in [4.69, 9.17) is 15.2 Å². The third-order valence-corrected chi connectivity index (χ3v) is 4.33. The molecule has 0 radical (unpaired) electrons. The molecule has 0 aromatic heterocycles. The summed E-state index contributed by atoms with van der Waals surface area (Å²) in [5.41, 5.74) is 7.03. The third kappa shape index (κ3) is 3.04. The van der Waals surface area contributed by atoms with Crippen molar-refractivity contribution >= 4 is 0 Å². The van der Waals surface area contributed by atoms with Crippen LogP contribution in [0, 0.1) is 0 Å². The van der Waals surface area contributed by atoms with Gasteiger partial charge in [0.2, 0.25) is 0 Å². The van der Waals surface area contributed by atoms with Crippen LogP contribution in [0.15, 0.2) is 30.3 Å². The van der Waals surface area contributed by atoms with Gasteiger partial charge in [-0.1, -0.05) is 30.3 Å². The Bertz CT molecular complexity index is 431. The fourth-order valence-electron chi connectivity index (χ4n) is 3.04. The lowest BCUT2D eigenvalue weighted by Gasteiger charge is -2.32. The average molecular weight is 276 g/mol. The molecule has 2 N–H and O–H groups in total. The Labute approximate surface area is 120 Å². The summed E-state index contributed by atoms with van der Waals surface area (Å²) in [5.74, 6) is -0.599. The highest BCUT2D eigenvalue weighted by Crippen LogP contribution is 2.34. The molecule has 2 fully saturated rings. The van der Waals surface area contributed by atoms with Crippen molar-refractivity contribution in [3.05, 3.63) is 35.9 Å². The zero-order valence-electron chi connectivity index (χ0n) is 12.1. The summed E-state index contributed by atoms with van der Waals surface area (Å²) in [6.45, 7) is 5.75. The van der Waals surface area contributed by atoms with Crippen LogP contribution in [0.5, 0.6) is 0 Å². The fourth-order valence-corrected chi connectivity index (χ4v) is 3.04. The highest BCUT2D eigenvalue weighted by molar-refractivity contribution is 5.20. The maximum atomic E-state index is 6.17. The van der Waals surface area contributed by atoms with E-state index in [0.29, 0.717) is 12.6 Å². The lowest BCUT2D eigenvalue weighted by atomic mass is 10.1. The lowest BCUT2D eigenvalue weighted by molar-refractivity contribution is -0.163. The van der Waals surface area contributed by atoms with Crippen molar-refractivity contribution in [3.8, 4) is 0 Å². The van der Waals surface area contributed by atoms with Crippen molar-refractivity contribution in [1.82, 2.24) is 4.90 Å². The smallest absolute Gasteiger partial charge is 0.192 e. The van der Waals surface area contributed by atoms with E-state index in [9.17, 15) is 0 Å². The second-order valence-corrected chi connectivity index (χ2v) is 6.00. The Morgan fingerprint density at radius 3 is 2.65 bits per heavy atom. The molecule has 20 heavy (non-hydrogen) atoms. The summed E-state index contributed by atoms with van der Waals surface area (Å²) < 4.78 is 12.1. The molecular formula is C16H24N2O2. The predicted octanol–water partition coefficient (Wildman–Crippen LogP) is 1.70. The second-order valence-electron chi connectivity index (χ2n) is 6.00. The first-order valence-electron chi connectivity index (χ1n) is 7.51. The molecule has 0 spiro atoms. The molecule has 0 saturated carbocycles. The van der Waals surface area contributed by atoms with Crippen LogP contribution in [0.4, 0.5) is 0 Å². The number of piperidine rings is 1. The molecule has 2 aliphatic rings. The van der Waals surface area contributed by atoms with Crippen LogP contribution in [-0.2, 0) is 15.3 Å². The van der Waals surface area contributed by atoms with E-state index < -0.39 is 5.79 Å². The molecule has 2 atom stereocenters. The van der Waals surface area contributed by atoms with Crippen molar-refractivity contribution in [3.63, 3.8) is 0 Å². The number of ether oxygens (including phenoxy) is 2. The Balaban J connectivity index is 1.57. The van der Waals surface area contributed by atoms with Crippen molar-refractivity contribution in [1.29, 1.82) is 0 Å². The van der Waals surface area contributed by atoms with Crippen LogP contribution < -0.4 is 5.73 Å². The zero-order chi connectivity index (χ0) is 14.0. The quantitative estimate of drug-likeness (QED) is 0.913. The van der Waals surface area contributed by atoms with Gasteiger partial charge < -0.3 is 20.1 Å². The largest absolute Gasteiger partial charge is 0.343 e. The SMILES string of the molecule is CC1(c2ccccc2)OCC(CN2CCC(N)CC2)O1. The molecule has 110 valence electrons. The van der Waals surface area contributed by atoms with Crippen molar-refractivity contribution in [2.45, 2.75) is 37.7 Å². The lowest BCUT2D eigenvalue weighted by Crippen LogP contribution is -2.43. The van der Waals surface area contributed by atoms with Gasteiger partial charge in [0.05, 0.1) is 12.7 Å². The number of hydrogen-bond donors (Lipinski definition) is 1. The van der Waals surface area contributed by atoms with Crippen LogP contribution >= 0.6 is 0 Å². The molecule has 2 saturated heterocycles. The van der Waals surface area contributed by atoms with Crippen LogP contribution in [0.25, 0.3) is 0 Å². The molecule has 0 amide bonds. The third-order valence-electron chi connectivity index (χ3n) is 4.33. The average Bonchev–Trinajstić information content (AvgIpc) is 2.85. The van der Waals surface area contributed by atoms with Gasteiger partial charge in [0, 0.05) is 18.2 Å². The Kier molecular flexibility index (Phi) is 4.08. The highest BCUT2D eigenvalue weighted by Gasteiger charge is 2.39. The van der Waals surface area contributed by atoms with Crippen LogP contribution in [0.3, 0.4) is 0 Å². The summed E-state index contributed by atoms with van der Waals surface area (Å²) in [6.07, 6.45) is 2.32. The van der Waals surface area contributed by atoms with Gasteiger partial charge in [-0.25, -0.2) is 0 Å². The van der Waals surface area contributed by atoms with Crippen LogP contribution in [0.2, 0.25) is 0 Å². The number of nitrogens with two attached hydrogens (primary N) is 1. The molecule has 0 aliphatic carbocycles. The first-order valence-corrected chi connectivity index (χ1v) is 7.51. The van der Waals surface area contributed by atoms with E-state index in [-0.39, 0.29) is 6.10 Å². The van der Waals surface area contributed by atoms with Gasteiger partial charge in [-0.15, -0.1) is 0 Å². The van der Waals surface area contributed by atoms with Gasteiger partial charge in [0.15, 0.2) is 5.79 Å². The summed E-state index contributed by atoms with van der Waals surface area (Å²) in [6, 6.07) is 10.5. The van der Waals surface area contributed by atoms with E-state index in [1.54, 1.807) is 0 Å². The maximum absolute atomic E-state index is 6.17. The molecule has 3 rings (SSSR count). The van der Waals surface area contributed by atoms with E-state index >= 15 is 0 Å². The first kappa shape index (κ1) is 14.0. The summed E-state index contributed by atoms with van der Waals surface area (Å²) in [7, 11) is 0. The van der Waals surface area contributed by atoms with Crippen LogP contribution in [-0.4, -0.2) is 43.3 Å². The summed E-state index contributed by atoms with van der Waals surface area (Å²) in [4.78, 5) is 2.44. The fraction of sp³-hybridized carbons (Fsp3) is 0.625. The van der Waals surface area contributed by atoms with Crippen molar-refractivity contribution in [2.24, 2.45) is 5.73 Å². The van der Waals surface area contributed by atoms with Gasteiger partial charge in [-0.2, -0.15) is 0 Å². The van der Waals surface area contributed by atoms with E-state index in [0.717, 1.165) is 38.0 Å². The Morgan fingerprint density at radius 1 is 1.25 bits per heavy atom. The zero-order valence-corrected chi connectivity index (χ0v) is 12.1. The van der Waals surface area contributed by atoms with Gasteiger partial charge in [-0.05, 0) is 32.9 Å². The molecule has 1 aromatic rings. The summed E-state index contributed by atoms with van der Waals surface area (Å²) >= 11 is 0. The number of rotatable bonds is 3. The minimum atomic E-state index is -0.599.